The minimum Gasteiger partial charge on any atom is -0.346 e. The highest BCUT2D eigenvalue weighted by Crippen LogP contribution is 2.36. The second-order valence-electron chi connectivity index (χ2n) is 6.87. The standard InChI is InChI=1S/C18H18N6/c19-5-3-12-1-2-13-8-14(7-12)23(10-13)24-11-22-16-9-21-18-15(17(16)24)4-6-20-18/h3-4,6,9,11,13-14H,1-2,7-8,10H2,(H,20,21)/b12-3-. The molecule has 1 aliphatic carbocycles. The molecule has 5 rings (SSSR count). The second kappa shape index (κ2) is 5.10. The Kier molecular flexibility index (Phi) is 2.89. The van der Waals surface area contributed by atoms with Crippen LogP contribution in [0.15, 0.2) is 36.4 Å². The minimum absolute atomic E-state index is 0.441. The molecule has 1 aliphatic heterocycles. The zero-order chi connectivity index (χ0) is 16.1. The maximum atomic E-state index is 9.00. The van der Waals surface area contributed by atoms with E-state index in [9.17, 15) is 0 Å². The smallest absolute Gasteiger partial charge is 0.139 e. The van der Waals surface area contributed by atoms with Crippen LogP contribution in [0.4, 0.5) is 0 Å². The first-order valence-electron chi connectivity index (χ1n) is 8.47. The largest absolute Gasteiger partial charge is 0.346 e. The molecule has 3 aromatic heterocycles. The van der Waals surface area contributed by atoms with E-state index in [1.165, 1.54) is 18.4 Å². The lowest BCUT2D eigenvalue weighted by atomic mass is 10.0. The third-order valence-corrected chi connectivity index (χ3v) is 5.46. The van der Waals surface area contributed by atoms with E-state index in [4.69, 9.17) is 5.26 Å². The predicted octanol–water partition coefficient (Wildman–Crippen LogP) is 2.87. The monoisotopic (exact) mass is 318 g/mol. The van der Waals surface area contributed by atoms with Gasteiger partial charge in [0.1, 0.15) is 23.0 Å². The van der Waals surface area contributed by atoms with Crippen molar-refractivity contribution in [1.29, 1.82) is 5.26 Å². The summed E-state index contributed by atoms with van der Waals surface area (Å²) >= 11 is 0. The highest BCUT2D eigenvalue weighted by atomic mass is 15.6. The summed E-state index contributed by atoms with van der Waals surface area (Å²) in [5.41, 5.74) is 4.23. The number of nitriles is 1. The van der Waals surface area contributed by atoms with Gasteiger partial charge < -0.3 is 9.99 Å². The van der Waals surface area contributed by atoms with Gasteiger partial charge in [0, 0.05) is 30.2 Å². The highest BCUT2D eigenvalue weighted by molar-refractivity contribution is 6.01. The average molecular weight is 318 g/mol. The number of nitrogens with one attached hydrogen (secondary N) is 1. The van der Waals surface area contributed by atoms with E-state index >= 15 is 0 Å². The van der Waals surface area contributed by atoms with Crippen LogP contribution >= 0.6 is 0 Å². The Hall–Kier alpha value is -2.81. The Balaban J connectivity index is 1.62. The molecule has 6 heteroatoms. The minimum atomic E-state index is 0.441. The molecule has 4 heterocycles. The fourth-order valence-electron chi connectivity index (χ4n) is 4.36. The SMILES string of the molecule is N#C/C=C1/CCC2CC(C1)N(n1cnc3cnc4[nH]ccc4c31)C2. The number of hydrogen-bond acceptors (Lipinski definition) is 4. The molecule has 0 spiro atoms. The highest BCUT2D eigenvalue weighted by Gasteiger charge is 2.36. The van der Waals surface area contributed by atoms with Crippen LogP contribution in [-0.2, 0) is 0 Å². The van der Waals surface area contributed by atoms with Crippen molar-refractivity contribution in [3.8, 4) is 6.07 Å². The average Bonchev–Trinajstić information content (AvgIpc) is 3.25. The van der Waals surface area contributed by atoms with Gasteiger partial charge in [-0.15, -0.1) is 0 Å². The maximum Gasteiger partial charge on any atom is 0.139 e. The van der Waals surface area contributed by atoms with Crippen molar-refractivity contribution in [3.63, 3.8) is 0 Å². The molecule has 0 amide bonds. The zero-order valence-electron chi connectivity index (χ0n) is 13.3. The number of allylic oxidation sites excluding steroid dienone is 1. The molecule has 2 atom stereocenters. The number of imidazole rings is 1. The molecule has 2 unspecified atom stereocenters. The molecule has 24 heavy (non-hydrogen) atoms. The van der Waals surface area contributed by atoms with E-state index < -0.39 is 0 Å². The normalized spacial score (nSPS) is 25.5. The fourth-order valence-corrected chi connectivity index (χ4v) is 4.36. The Morgan fingerprint density at radius 2 is 2.33 bits per heavy atom. The van der Waals surface area contributed by atoms with E-state index in [0.29, 0.717) is 12.0 Å². The van der Waals surface area contributed by atoms with Crippen LogP contribution in [0, 0.1) is 17.2 Å². The van der Waals surface area contributed by atoms with E-state index in [-0.39, 0.29) is 0 Å². The molecule has 6 nitrogen and oxygen atoms in total. The van der Waals surface area contributed by atoms with Crippen LogP contribution in [0.25, 0.3) is 22.1 Å². The Bertz CT molecular complexity index is 988. The summed E-state index contributed by atoms with van der Waals surface area (Å²) in [6.45, 7) is 1.06. The van der Waals surface area contributed by atoms with Gasteiger partial charge in [0.05, 0.1) is 12.3 Å². The number of fused-ring (bicyclic) bond motifs is 5. The number of pyridine rings is 1. The number of H-pyrrole nitrogens is 1. The van der Waals surface area contributed by atoms with Gasteiger partial charge >= 0.3 is 0 Å². The first kappa shape index (κ1) is 13.6. The molecule has 1 N–H and O–H groups in total. The van der Waals surface area contributed by atoms with Crippen molar-refractivity contribution in [1.82, 2.24) is 19.6 Å². The molecule has 0 aromatic carbocycles. The van der Waals surface area contributed by atoms with Crippen molar-refractivity contribution in [3.05, 3.63) is 36.4 Å². The fraction of sp³-hybridized carbons (Fsp3) is 0.389. The van der Waals surface area contributed by atoms with Crippen LogP contribution in [0.3, 0.4) is 0 Å². The van der Waals surface area contributed by atoms with Crippen LogP contribution < -0.4 is 5.01 Å². The van der Waals surface area contributed by atoms with E-state index in [1.807, 2.05) is 18.7 Å². The molecule has 1 saturated heterocycles. The summed E-state index contributed by atoms with van der Waals surface area (Å²) in [4.78, 5) is 12.2. The van der Waals surface area contributed by atoms with Gasteiger partial charge in [0.2, 0.25) is 0 Å². The number of hydrogen-bond donors (Lipinski definition) is 1. The van der Waals surface area contributed by atoms with Crippen LogP contribution in [-0.4, -0.2) is 32.2 Å². The van der Waals surface area contributed by atoms with Crippen LogP contribution in [0.2, 0.25) is 0 Å². The maximum absolute atomic E-state index is 9.00. The van der Waals surface area contributed by atoms with E-state index in [2.05, 4.69) is 36.8 Å². The van der Waals surface area contributed by atoms with Crippen LogP contribution in [0.1, 0.15) is 25.7 Å². The zero-order valence-corrected chi connectivity index (χ0v) is 13.3. The third-order valence-electron chi connectivity index (χ3n) is 5.46. The summed E-state index contributed by atoms with van der Waals surface area (Å²) < 4.78 is 2.22. The number of nitrogens with zero attached hydrogens (tertiary/aromatic N) is 5. The Morgan fingerprint density at radius 1 is 1.38 bits per heavy atom. The third kappa shape index (κ3) is 1.94. The molecular formula is C18H18N6. The number of aromatic amines is 1. The molecule has 1 saturated carbocycles. The molecule has 3 aromatic rings. The summed E-state index contributed by atoms with van der Waals surface area (Å²) in [6, 6.07) is 4.72. The van der Waals surface area contributed by atoms with Crippen molar-refractivity contribution in [2.45, 2.75) is 31.7 Å². The van der Waals surface area contributed by atoms with Crippen molar-refractivity contribution >= 4 is 22.1 Å². The molecule has 2 aliphatic rings. The van der Waals surface area contributed by atoms with Gasteiger partial charge in [-0.3, -0.25) is 0 Å². The van der Waals surface area contributed by atoms with Gasteiger partial charge in [-0.1, -0.05) is 5.57 Å². The first-order valence-corrected chi connectivity index (χ1v) is 8.47. The quantitative estimate of drug-likeness (QED) is 0.700. The summed E-state index contributed by atoms with van der Waals surface area (Å²) in [5, 5.41) is 12.6. The summed E-state index contributed by atoms with van der Waals surface area (Å²) in [7, 11) is 0. The van der Waals surface area contributed by atoms with Crippen molar-refractivity contribution in [2.24, 2.45) is 5.92 Å². The number of aromatic nitrogens is 4. The lowest BCUT2D eigenvalue weighted by Crippen LogP contribution is -2.39. The first-order chi connectivity index (χ1) is 11.8. The second-order valence-corrected chi connectivity index (χ2v) is 6.87. The number of rotatable bonds is 1. The molecule has 2 bridgehead atoms. The van der Waals surface area contributed by atoms with Crippen molar-refractivity contribution in [2.75, 3.05) is 11.6 Å². The van der Waals surface area contributed by atoms with E-state index in [1.54, 1.807) is 6.08 Å². The van der Waals surface area contributed by atoms with Gasteiger partial charge in [-0.05, 0) is 37.7 Å². The van der Waals surface area contributed by atoms with Gasteiger partial charge in [0.15, 0.2) is 0 Å². The Labute approximate surface area is 139 Å². The molecule has 0 radical (unpaired) electrons. The topological polar surface area (TPSA) is 73.5 Å². The van der Waals surface area contributed by atoms with Gasteiger partial charge in [-0.2, -0.15) is 5.26 Å². The molecule has 2 fully saturated rings. The Morgan fingerprint density at radius 3 is 3.25 bits per heavy atom. The summed E-state index contributed by atoms with van der Waals surface area (Å²) in [5.74, 6) is 0.695. The van der Waals surface area contributed by atoms with Gasteiger partial charge in [-0.25, -0.2) is 14.6 Å². The van der Waals surface area contributed by atoms with Crippen molar-refractivity contribution < 1.29 is 0 Å². The molecular weight excluding hydrogens is 300 g/mol. The predicted molar refractivity (Wildman–Crippen MR) is 91.9 cm³/mol. The summed E-state index contributed by atoms with van der Waals surface area (Å²) in [6.07, 6.45) is 11.8. The van der Waals surface area contributed by atoms with Gasteiger partial charge in [0.25, 0.3) is 0 Å². The van der Waals surface area contributed by atoms with E-state index in [0.717, 1.165) is 41.5 Å². The molecule has 120 valence electrons. The lowest BCUT2D eigenvalue weighted by molar-refractivity contribution is 0.522. The van der Waals surface area contributed by atoms with Crippen LogP contribution in [0.5, 0.6) is 0 Å². The lowest BCUT2D eigenvalue weighted by Gasteiger charge is -2.29.